The summed E-state index contributed by atoms with van der Waals surface area (Å²) < 4.78 is 0. The highest BCUT2D eigenvalue weighted by molar-refractivity contribution is 6.29. The highest BCUT2D eigenvalue weighted by Gasteiger charge is 2.15. The first-order chi connectivity index (χ1) is 11.2. The van der Waals surface area contributed by atoms with Crippen LogP contribution in [0.25, 0.3) is 0 Å². The second-order valence-corrected chi connectivity index (χ2v) is 5.75. The first-order valence-electron chi connectivity index (χ1n) is 7.63. The van der Waals surface area contributed by atoms with Gasteiger partial charge in [-0.3, -0.25) is 5.32 Å². The molecule has 1 aliphatic heterocycles. The number of rotatable bonds is 3. The van der Waals surface area contributed by atoms with Crippen molar-refractivity contribution in [3.8, 4) is 0 Å². The van der Waals surface area contributed by atoms with Crippen LogP contribution in [0.4, 0.5) is 22.2 Å². The van der Waals surface area contributed by atoms with Crippen molar-refractivity contribution in [2.45, 2.75) is 19.3 Å². The quantitative estimate of drug-likeness (QED) is 0.840. The Kier molecular flexibility index (Phi) is 4.92. The van der Waals surface area contributed by atoms with Crippen LogP contribution in [0.15, 0.2) is 36.4 Å². The fraction of sp³-hybridized carbons (Fsp3) is 0.312. The Labute approximate surface area is 139 Å². The van der Waals surface area contributed by atoms with Crippen LogP contribution in [0.3, 0.4) is 0 Å². The van der Waals surface area contributed by atoms with Gasteiger partial charge in [-0.1, -0.05) is 29.8 Å². The van der Waals surface area contributed by atoms with Gasteiger partial charge in [0.2, 0.25) is 5.95 Å². The van der Waals surface area contributed by atoms with Gasteiger partial charge in [0.05, 0.1) is 0 Å². The number of aromatic nitrogens is 2. The number of amides is 2. The average Bonchev–Trinajstić information content (AvgIpc) is 2.56. The van der Waals surface area contributed by atoms with Crippen molar-refractivity contribution in [2.75, 3.05) is 28.6 Å². The number of piperidine rings is 1. The SMILES string of the molecule is O=C(Nc1ccccc1)Nc1nc(Cl)cc(N2CCCCC2)n1. The molecule has 1 aromatic carbocycles. The largest absolute Gasteiger partial charge is 0.356 e. The molecule has 7 heteroatoms. The number of benzene rings is 1. The lowest BCUT2D eigenvalue weighted by Crippen LogP contribution is -2.30. The highest BCUT2D eigenvalue weighted by Crippen LogP contribution is 2.22. The van der Waals surface area contributed by atoms with Crippen molar-refractivity contribution >= 4 is 35.1 Å². The third kappa shape index (κ3) is 4.32. The van der Waals surface area contributed by atoms with Gasteiger partial charge < -0.3 is 10.2 Å². The second kappa shape index (κ2) is 7.28. The van der Waals surface area contributed by atoms with Crippen LogP contribution in [0, 0.1) is 0 Å². The number of para-hydroxylation sites is 1. The molecule has 1 aliphatic rings. The molecule has 0 atom stereocenters. The molecular weight excluding hydrogens is 314 g/mol. The van der Waals surface area contributed by atoms with Crippen LogP contribution in [0.1, 0.15) is 19.3 Å². The van der Waals surface area contributed by atoms with E-state index in [9.17, 15) is 4.79 Å². The molecule has 0 aliphatic carbocycles. The summed E-state index contributed by atoms with van der Waals surface area (Å²) in [6, 6.07) is 10.5. The molecule has 2 heterocycles. The van der Waals surface area contributed by atoms with Crippen molar-refractivity contribution in [1.82, 2.24) is 9.97 Å². The van der Waals surface area contributed by atoms with E-state index >= 15 is 0 Å². The molecule has 2 aromatic rings. The minimum absolute atomic E-state index is 0.200. The number of hydrogen-bond acceptors (Lipinski definition) is 4. The zero-order valence-electron chi connectivity index (χ0n) is 12.6. The number of anilines is 3. The Hall–Kier alpha value is -2.34. The van der Waals surface area contributed by atoms with Crippen LogP contribution in [-0.2, 0) is 0 Å². The third-order valence-corrected chi connectivity index (χ3v) is 3.81. The molecule has 1 saturated heterocycles. The average molecular weight is 332 g/mol. The van der Waals surface area contributed by atoms with E-state index in [2.05, 4.69) is 25.5 Å². The Balaban J connectivity index is 1.69. The number of nitrogens with zero attached hydrogens (tertiary/aromatic N) is 3. The Morgan fingerprint density at radius 1 is 1.04 bits per heavy atom. The molecule has 23 heavy (non-hydrogen) atoms. The summed E-state index contributed by atoms with van der Waals surface area (Å²) in [5.74, 6) is 0.950. The Morgan fingerprint density at radius 3 is 2.52 bits per heavy atom. The zero-order valence-corrected chi connectivity index (χ0v) is 13.4. The maximum atomic E-state index is 12.0. The summed E-state index contributed by atoms with van der Waals surface area (Å²) in [6.45, 7) is 1.89. The lowest BCUT2D eigenvalue weighted by Gasteiger charge is -2.27. The van der Waals surface area contributed by atoms with Crippen LogP contribution < -0.4 is 15.5 Å². The van der Waals surface area contributed by atoms with Gasteiger partial charge in [0.15, 0.2) is 0 Å². The summed E-state index contributed by atoms with van der Waals surface area (Å²) in [6.07, 6.45) is 3.51. The molecule has 0 spiro atoms. The molecule has 1 fully saturated rings. The van der Waals surface area contributed by atoms with Gasteiger partial charge in [-0.05, 0) is 31.4 Å². The first kappa shape index (κ1) is 15.6. The Morgan fingerprint density at radius 2 is 1.78 bits per heavy atom. The summed E-state index contributed by atoms with van der Waals surface area (Å²) in [7, 11) is 0. The molecule has 0 saturated carbocycles. The van der Waals surface area contributed by atoms with E-state index in [0.29, 0.717) is 10.8 Å². The fourth-order valence-electron chi connectivity index (χ4n) is 2.53. The molecule has 0 bridgehead atoms. The molecular formula is C16H18ClN5O. The van der Waals surface area contributed by atoms with Gasteiger partial charge in [0.25, 0.3) is 0 Å². The number of carbonyl (C=O) groups is 1. The number of nitrogens with one attached hydrogen (secondary N) is 2. The maximum Gasteiger partial charge on any atom is 0.326 e. The van der Waals surface area contributed by atoms with Gasteiger partial charge in [-0.25, -0.2) is 9.78 Å². The normalized spacial score (nSPS) is 14.4. The molecule has 2 N–H and O–H groups in total. The van der Waals surface area contributed by atoms with Gasteiger partial charge in [0.1, 0.15) is 11.0 Å². The number of hydrogen-bond donors (Lipinski definition) is 2. The monoisotopic (exact) mass is 331 g/mol. The first-order valence-corrected chi connectivity index (χ1v) is 8.01. The summed E-state index contributed by atoms with van der Waals surface area (Å²) >= 11 is 6.06. The third-order valence-electron chi connectivity index (χ3n) is 3.62. The maximum absolute atomic E-state index is 12.0. The van der Waals surface area contributed by atoms with Crippen LogP contribution in [0.5, 0.6) is 0 Å². The fourth-order valence-corrected chi connectivity index (χ4v) is 2.71. The van der Waals surface area contributed by atoms with E-state index in [1.807, 2.05) is 18.2 Å². The van der Waals surface area contributed by atoms with Gasteiger partial charge >= 0.3 is 6.03 Å². The zero-order chi connectivity index (χ0) is 16.1. The molecule has 1 aromatic heterocycles. The predicted octanol–water partition coefficient (Wildman–Crippen LogP) is 3.76. The lowest BCUT2D eigenvalue weighted by molar-refractivity contribution is 0.262. The minimum atomic E-state index is -0.400. The van der Waals surface area contributed by atoms with Crippen LogP contribution in [-0.4, -0.2) is 29.1 Å². The number of carbonyl (C=O) groups excluding carboxylic acids is 1. The Bertz CT molecular complexity index is 673. The second-order valence-electron chi connectivity index (χ2n) is 5.37. The minimum Gasteiger partial charge on any atom is -0.356 e. The van der Waals surface area contributed by atoms with E-state index in [0.717, 1.165) is 31.7 Å². The highest BCUT2D eigenvalue weighted by atomic mass is 35.5. The van der Waals surface area contributed by atoms with Gasteiger partial charge in [-0.2, -0.15) is 4.98 Å². The van der Waals surface area contributed by atoms with E-state index in [1.54, 1.807) is 18.2 Å². The molecule has 120 valence electrons. The van der Waals surface area contributed by atoms with E-state index < -0.39 is 6.03 Å². The van der Waals surface area contributed by atoms with E-state index in [4.69, 9.17) is 11.6 Å². The van der Waals surface area contributed by atoms with Gasteiger partial charge in [0, 0.05) is 24.8 Å². The van der Waals surface area contributed by atoms with E-state index in [1.165, 1.54) is 6.42 Å². The van der Waals surface area contributed by atoms with Crippen molar-refractivity contribution < 1.29 is 4.79 Å². The summed E-state index contributed by atoms with van der Waals surface area (Å²) in [5.41, 5.74) is 0.697. The molecule has 3 rings (SSSR count). The van der Waals surface area contributed by atoms with Crippen molar-refractivity contribution in [1.29, 1.82) is 0 Å². The predicted molar refractivity (Wildman–Crippen MR) is 92.2 cm³/mol. The molecule has 2 amide bonds. The molecule has 6 nitrogen and oxygen atoms in total. The standard InChI is InChI=1S/C16H18ClN5O/c17-13-11-14(22-9-5-2-6-10-22)20-15(19-13)21-16(23)18-12-7-3-1-4-8-12/h1,3-4,7-8,11H,2,5-6,9-10H2,(H2,18,19,20,21,23). The van der Waals surface area contributed by atoms with E-state index in [-0.39, 0.29) is 5.95 Å². The van der Waals surface area contributed by atoms with Crippen LogP contribution in [0.2, 0.25) is 5.15 Å². The smallest absolute Gasteiger partial charge is 0.326 e. The summed E-state index contributed by atoms with van der Waals surface area (Å²) in [5, 5.41) is 5.66. The molecule has 0 radical (unpaired) electrons. The van der Waals surface area contributed by atoms with Crippen LogP contribution >= 0.6 is 11.6 Å². The number of halogens is 1. The lowest BCUT2D eigenvalue weighted by atomic mass is 10.1. The molecule has 0 unspecified atom stereocenters. The van der Waals surface area contributed by atoms with Crippen molar-refractivity contribution in [3.05, 3.63) is 41.6 Å². The topological polar surface area (TPSA) is 70.2 Å². The number of urea groups is 1. The summed E-state index contributed by atoms with van der Waals surface area (Å²) in [4.78, 5) is 22.6. The van der Waals surface area contributed by atoms with Crippen molar-refractivity contribution in [3.63, 3.8) is 0 Å². The van der Waals surface area contributed by atoms with Crippen molar-refractivity contribution in [2.24, 2.45) is 0 Å². The van der Waals surface area contributed by atoms with Gasteiger partial charge in [-0.15, -0.1) is 0 Å².